The zero-order chi connectivity index (χ0) is 32.3. The number of aromatic nitrogens is 2. The van der Waals surface area contributed by atoms with Crippen molar-refractivity contribution in [2.24, 2.45) is 0 Å². The van der Waals surface area contributed by atoms with Gasteiger partial charge in [0.05, 0.1) is 32.8 Å². The number of nitrogens with one attached hydrogen (secondary N) is 3. The van der Waals surface area contributed by atoms with Crippen LogP contribution in [0.4, 0.5) is 19.1 Å². The van der Waals surface area contributed by atoms with E-state index in [1.807, 2.05) is 24.3 Å². The van der Waals surface area contributed by atoms with Crippen LogP contribution in [0.1, 0.15) is 53.7 Å². The number of halogens is 3. The Bertz CT molecular complexity index is 1750. The average molecular weight is 655 g/mol. The summed E-state index contributed by atoms with van der Waals surface area (Å²) in [5, 5.41) is 5.09. The molecular formula is C30H30F3N4NaO6S. The molecule has 1 atom stereocenters. The van der Waals surface area contributed by atoms with E-state index in [1.165, 1.54) is 18.2 Å². The van der Waals surface area contributed by atoms with Crippen molar-refractivity contribution < 1.29 is 70.0 Å². The van der Waals surface area contributed by atoms with Gasteiger partial charge >= 0.3 is 35.9 Å². The van der Waals surface area contributed by atoms with Crippen molar-refractivity contribution in [1.29, 1.82) is 0 Å². The number of hydrogen-bond donors (Lipinski definition) is 3. The second kappa shape index (κ2) is 14.3. The van der Waals surface area contributed by atoms with Crippen LogP contribution < -0.4 is 44.9 Å². The summed E-state index contributed by atoms with van der Waals surface area (Å²) in [5.74, 6) is -2.83. The molecule has 1 unspecified atom stereocenters. The second-order valence-electron chi connectivity index (χ2n) is 11.1. The minimum absolute atomic E-state index is 0. The molecule has 3 N–H and O–H groups in total. The van der Waals surface area contributed by atoms with Crippen LogP contribution in [-0.2, 0) is 26.7 Å². The van der Waals surface area contributed by atoms with E-state index >= 15 is 0 Å². The maximum Gasteiger partial charge on any atom is 1.00 e. The summed E-state index contributed by atoms with van der Waals surface area (Å²) in [4.78, 5) is 33.0. The van der Waals surface area contributed by atoms with Crippen molar-refractivity contribution in [2.75, 3.05) is 17.6 Å². The van der Waals surface area contributed by atoms with Gasteiger partial charge in [-0.25, -0.2) is 13.4 Å². The SMILES string of the molecule is CC(C)(C)c1ccc(C(Cc2ccc(C(=O)NCCS(=O)(=O)[O-])cc2)C(=O)Nc2nc3ccc(OC(F)(F)F)cc3[nH]2)cc1.[Na+]. The van der Waals surface area contributed by atoms with Crippen molar-refractivity contribution in [1.82, 2.24) is 15.3 Å². The van der Waals surface area contributed by atoms with Gasteiger partial charge in [-0.2, -0.15) is 0 Å². The van der Waals surface area contributed by atoms with Crippen LogP contribution in [-0.4, -0.2) is 53.4 Å². The van der Waals surface area contributed by atoms with Crippen LogP contribution in [0, 0.1) is 0 Å². The third-order valence-electron chi connectivity index (χ3n) is 6.72. The Morgan fingerprint density at radius 1 is 1.00 bits per heavy atom. The van der Waals surface area contributed by atoms with E-state index in [0.717, 1.165) is 17.7 Å². The number of hydrogen-bond acceptors (Lipinski definition) is 7. The van der Waals surface area contributed by atoms with E-state index in [2.05, 4.69) is 46.1 Å². The molecule has 15 heteroatoms. The van der Waals surface area contributed by atoms with Gasteiger partial charge in [0.1, 0.15) is 5.75 Å². The van der Waals surface area contributed by atoms with E-state index in [4.69, 9.17) is 0 Å². The van der Waals surface area contributed by atoms with Crippen molar-refractivity contribution >= 4 is 38.9 Å². The maximum absolute atomic E-state index is 13.6. The van der Waals surface area contributed by atoms with Gasteiger partial charge < -0.3 is 19.6 Å². The first-order valence-electron chi connectivity index (χ1n) is 13.4. The Kier molecular flexibility index (Phi) is 11.5. The van der Waals surface area contributed by atoms with Gasteiger partial charge in [-0.05, 0) is 52.8 Å². The van der Waals surface area contributed by atoms with Crippen molar-refractivity contribution in [3.05, 3.63) is 89.0 Å². The first kappa shape index (κ1) is 36.0. The summed E-state index contributed by atoms with van der Waals surface area (Å²) in [5.41, 5.74) is 3.15. The smallest absolute Gasteiger partial charge is 0.748 e. The minimum Gasteiger partial charge on any atom is -0.748 e. The number of H-pyrrole nitrogens is 1. The summed E-state index contributed by atoms with van der Waals surface area (Å²) in [6.45, 7) is 5.88. The van der Waals surface area contributed by atoms with Crippen molar-refractivity contribution in [2.45, 2.75) is 44.9 Å². The predicted molar refractivity (Wildman–Crippen MR) is 156 cm³/mol. The van der Waals surface area contributed by atoms with Crippen LogP contribution in [0.25, 0.3) is 11.0 Å². The molecule has 1 aromatic heterocycles. The first-order valence-corrected chi connectivity index (χ1v) is 15.0. The summed E-state index contributed by atoms with van der Waals surface area (Å²) in [6.07, 6.45) is -4.63. The Hall–Kier alpha value is -3.43. The quantitative estimate of drug-likeness (QED) is 0.175. The van der Waals surface area contributed by atoms with Crippen molar-refractivity contribution in [3.8, 4) is 5.75 Å². The van der Waals surface area contributed by atoms with Crippen LogP contribution in [0.5, 0.6) is 5.75 Å². The Morgan fingerprint density at radius 2 is 1.64 bits per heavy atom. The maximum atomic E-state index is 13.6. The number of benzene rings is 3. The molecule has 0 aliphatic carbocycles. The molecule has 0 aliphatic rings. The molecule has 1 heterocycles. The number of aromatic amines is 1. The third kappa shape index (κ3) is 10.6. The number of amides is 2. The Balaban J connectivity index is 0.00000552. The number of fused-ring (bicyclic) bond motifs is 1. The van der Waals surface area contributed by atoms with Crippen LogP contribution in [0.2, 0.25) is 0 Å². The van der Waals surface area contributed by atoms with Gasteiger partial charge in [0.15, 0.2) is 0 Å². The Labute approximate surface area is 280 Å². The van der Waals surface area contributed by atoms with Gasteiger partial charge in [0.25, 0.3) is 5.91 Å². The molecule has 10 nitrogen and oxygen atoms in total. The second-order valence-corrected chi connectivity index (χ2v) is 12.7. The number of imidazole rings is 1. The summed E-state index contributed by atoms with van der Waals surface area (Å²) < 4.78 is 74.2. The topological polar surface area (TPSA) is 153 Å². The van der Waals surface area contributed by atoms with Crippen LogP contribution in [0.3, 0.4) is 0 Å². The summed E-state index contributed by atoms with van der Waals surface area (Å²) in [6, 6.07) is 17.5. The standard InChI is InChI=1S/C30H31F3N4O6S.Na/c1-29(2,3)21-10-8-19(9-11-21)23(16-18-4-6-20(7-5-18)26(38)34-14-15-44(40,41)42)27(39)37-28-35-24-13-12-22(17-25(24)36-28)43-30(31,32)33;/h4-13,17,23H,14-16H2,1-3H3,(H,34,38)(H,40,41,42)(H2,35,36,37,39);/q;+1/p-1. The largest absolute Gasteiger partial charge is 1.00 e. The molecule has 0 fully saturated rings. The molecule has 4 aromatic rings. The number of rotatable bonds is 10. The normalized spacial score (nSPS) is 12.7. The van der Waals surface area contributed by atoms with E-state index in [1.54, 1.807) is 12.1 Å². The zero-order valence-corrected chi connectivity index (χ0v) is 27.8. The van der Waals surface area contributed by atoms with Gasteiger partial charge in [-0.1, -0.05) is 57.2 Å². The average Bonchev–Trinajstić information content (AvgIpc) is 3.31. The van der Waals surface area contributed by atoms with Gasteiger partial charge in [-0.3, -0.25) is 14.9 Å². The molecule has 0 aliphatic heterocycles. The monoisotopic (exact) mass is 654 g/mol. The fourth-order valence-electron chi connectivity index (χ4n) is 4.45. The van der Waals surface area contributed by atoms with Crippen LogP contribution in [0.15, 0.2) is 66.7 Å². The fourth-order valence-corrected chi connectivity index (χ4v) is 4.80. The number of carbonyl (C=O) groups excluding carboxylic acids is 2. The molecule has 0 saturated carbocycles. The van der Waals surface area contributed by atoms with E-state index in [-0.39, 0.29) is 65.0 Å². The molecule has 0 saturated heterocycles. The predicted octanol–water partition coefficient (Wildman–Crippen LogP) is 2.00. The fraction of sp³-hybridized carbons (Fsp3) is 0.300. The number of nitrogens with zero attached hydrogens (tertiary/aromatic N) is 1. The van der Waals surface area contributed by atoms with Crippen molar-refractivity contribution in [3.63, 3.8) is 0 Å². The van der Waals surface area contributed by atoms with Gasteiger partial charge in [-0.15, -0.1) is 13.2 Å². The van der Waals surface area contributed by atoms with Gasteiger partial charge in [0.2, 0.25) is 11.9 Å². The summed E-state index contributed by atoms with van der Waals surface area (Å²) >= 11 is 0. The molecule has 0 bridgehead atoms. The van der Waals surface area contributed by atoms with Crippen LogP contribution >= 0.6 is 0 Å². The number of ether oxygens (including phenoxy) is 1. The number of carbonyl (C=O) groups is 2. The third-order valence-corrected chi connectivity index (χ3v) is 7.42. The molecule has 234 valence electrons. The molecule has 0 spiro atoms. The zero-order valence-electron chi connectivity index (χ0n) is 25.0. The molecule has 3 aromatic carbocycles. The van der Waals surface area contributed by atoms with E-state index in [0.29, 0.717) is 16.6 Å². The molecular weight excluding hydrogens is 624 g/mol. The number of alkyl halides is 3. The van der Waals surface area contributed by atoms with Gasteiger partial charge in [0, 0.05) is 18.2 Å². The summed E-state index contributed by atoms with van der Waals surface area (Å²) in [7, 11) is -4.46. The number of anilines is 1. The minimum atomic E-state index is -4.86. The molecule has 2 amide bonds. The van der Waals surface area contributed by atoms with E-state index in [9.17, 15) is 35.7 Å². The first-order chi connectivity index (χ1) is 20.5. The molecule has 4 rings (SSSR count). The molecule has 45 heavy (non-hydrogen) atoms. The Morgan fingerprint density at radius 3 is 2.22 bits per heavy atom. The van der Waals surface area contributed by atoms with E-state index < -0.39 is 45.7 Å². The molecule has 0 radical (unpaired) electrons.